The Kier molecular flexibility index (Phi) is 9.88. The molecule has 1 N–H and O–H groups in total. The lowest BCUT2D eigenvalue weighted by molar-refractivity contribution is 0.323. The van der Waals surface area contributed by atoms with Crippen LogP contribution in [0.2, 0.25) is 0 Å². The Morgan fingerprint density at radius 2 is 1.74 bits per heavy atom. The molecule has 1 aromatic carbocycles. The van der Waals surface area contributed by atoms with Crippen molar-refractivity contribution < 1.29 is 14.2 Å². The highest BCUT2D eigenvalue weighted by Gasteiger charge is 2.22. The van der Waals surface area contributed by atoms with Crippen molar-refractivity contribution >= 4 is 46.6 Å². The van der Waals surface area contributed by atoms with Crippen molar-refractivity contribution in [2.45, 2.75) is 19.9 Å². The van der Waals surface area contributed by atoms with Gasteiger partial charge in [0, 0.05) is 57.7 Å². The number of methoxy groups -OCH3 is 3. The predicted molar refractivity (Wildman–Crippen MR) is 135 cm³/mol. The number of aliphatic imine (C=N–C) groups is 1. The quantitative estimate of drug-likeness (QED) is 0.314. The van der Waals surface area contributed by atoms with Gasteiger partial charge in [-0.25, -0.2) is 4.98 Å². The molecule has 9 nitrogen and oxygen atoms in total. The first-order valence-electron chi connectivity index (χ1n) is 9.95. The molecular formula is C20H31IN6O3S. The van der Waals surface area contributed by atoms with Crippen molar-refractivity contribution in [3.63, 3.8) is 0 Å². The molecule has 31 heavy (non-hydrogen) atoms. The number of aromatic nitrogens is 2. The molecular weight excluding hydrogens is 531 g/mol. The van der Waals surface area contributed by atoms with E-state index < -0.39 is 0 Å². The van der Waals surface area contributed by atoms with Crippen LogP contribution in [0.4, 0.5) is 5.13 Å². The summed E-state index contributed by atoms with van der Waals surface area (Å²) in [7, 11) is 6.65. The van der Waals surface area contributed by atoms with E-state index in [1.165, 1.54) is 11.5 Å². The normalized spacial score (nSPS) is 14.2. The van der Waals surface area contributed by atoms with Crippen molar-refractivity contribution in [1.29, 1.82) is 0 Å². The molecule has 0 amide bonds. The Morgan fingerprint density at radius 3 is 2.23 bits per heavy atom. The van der Waals surface area contributed by atoms with Crippen molar-refractivity contribution in [2.24, 2.45) is 4.99 Å². The monoisotopic (exact) mass is 562 g/mol. The van der Waals surface area contributed by atoms with E-state index in [1.807, 2.05) is 19.2 Å². The molecule has 0 saturated carbocycles. The summed E-state index contributed by atoms with van der Waals surface area (Å²) in [6, 6.07) is 3.89. The number of halogens is 1. The molecule has 0 radical (unpaired) electrons. The lowest BCUT2D eigenvalue weighted by Gasteiger charge is -2.36. The number of aryl methyl sites for hydroxylation is 1. The lowest BCUT2D eigenvalue weighted by atomic mass is 10.2. The first-order chi connectivity index (χ1) is 14.6. The summed E-state index contributed by atoms with van der Waals surface area (Å²) in [6.45, 7) is 6.20. The van der Waals surface area contributed by atoms with Crippen LogP contribution in [0.1, 0.15) is 18.3 Å². The molecule has 1 fully saturated rings. The molecule has 0 atom stereocenters. The van der Waals surface area contributed by atoms with Crippen LogP contribution >= 0.6 is 35.5 Å². The van der Waals surface area contributed by atoms with Gasteiger partial charge in [0.15, 0.2) is 17.5 Å². The summed E-state index contributed by atoms with van der Waals surface area (Å²) < 4.78 is 20.7. The minimum atomic E-state index is 0. The fraction of sp³-hybridized carbons (Fsp3) is 0.550. The van der Waals surface area contributed by atoms with Gasteiger partial charge in [-0.2, -0.15) is 4.37 Å². The zero-order chi connectivity index (χ0) is 21.5. The highest BCUT2D eigenvalue weighted by atomic mass is 127. The second-order valence-corrected chi connectivity index (χ2v) is 7.49. The third-order valence-electron chi connectivity index (χ3n) is 5.01. The third-order valence-corrected chi connectivity index (χ3v) is 5.83. The van der Waals surface area contributed by atoms with E-state index in [4.69, 9.17) is 14.2 Å². The topological polar surface area (TPSA) is 84.3 Å². The van der Waals surface area contributed by atoms with Gasteiger partial charge in [0.1, 0.15) is 5.82 Å². The molecule has 1 aliphatic heterocycles. The first-order valence-corrected chi connectivity index (χ1v) is 10.7. The van der Waals surface area contributed by atoms with Gasteiger partial charge in [-0.1, -0.05) is 6.92 Å². The van der Waals surface area contributed by atoms with Crippen LogP contribution in [-0.2, 0) is 13.0 Å². The summed E-state index contributed by atoms with van der Waals surface area (Å²) in [6.07, 6.45) is 0.869. The van der Waals surface area contributed by atoms with E-state index in [1.54, 1.807) is 21.3 Å². The molecule has 1 aliphatic rings. The van der Waals surface area contributed by atoms with Crippen LogP contribution in [0.5, 0.6) is 17.2 Å². The molecule has 1 saturated heterocycles. The maximum atomic E-state index is 5.44. The van der Waals surface area contributed by atoms with E-state index in [0.29, 0.717) is 23.8 Å². The van der Waals surface area contributed by atoms with E-state index in [-0.39, 0.29) is 24.0 Å². The van der Waals surface area contributed by atoms with Crippen molar-refractivity contribution in [1.82, 2.24) is 19.6 Å². The number of piperazine rings is 1. The predicted octanol–water partition coefficient (Wildman–Crippen LogP) is 2.64. The summed E-state index contributed by atoms with van der Waals surface area (Å²) in [5, 5.41) is 4.45. The number of hydrogen-bond acceptors (Lipinski definition) is 8. The van der Waals surface area contributed by atoms with Crippen LogP contribution in [0, 0.1) is 0 Å². The van der Waals surface area contributed by atoms with Gasteiger partial charge < -0.3 is 29.3 Å². The van der Waals surface area contributed by atoms with Gasteiger partial charge in [-0.3, -0.25) is 4.99 Å². The molecule has 2 heterocycles. The molecule has 2 aromatic rings. The van der Waals surface area contributed by atoms with Gasteiger partial charge in [0.2, 0.25) is 10.9 Å². The number of anilines is 1. The Labute approximate surface area is 205 Å². The Bertz CT molecular complexity index is 845. The largest absolute Gasteiger partial charge is 0.493 e. The summed E-state index contributed by atoms with van der Waals surface area (Å²) in [4.78, 5) is 13.6. The van der Waals surface area contributed by atoms with Gasteiger partial charge in [0.05, 0.1) is 21.3 Å². The smallest absolute Gasteiger partial charge is 0.205 e. The number of rotatable bonds is 7. The van der Waals surface area contributed by atoms with E-state index in [0.717, 1.165) is 55.1 Å². The highest BCUT2D eigenvalue weighted by Crippen LogP contribution is 2.38. The maximum absolute atomic E-state index is 5.44. The minimum absolute atomic E-state index is 0. The fourth-order valence-corrected chi connectivity index (χ4v) is 4.18. The molecule has 0 bridgehead atoms. The molecule has 1 aromatic heterocycles. The highest BCUT2D eigenvalue weighted by molar-refractivity contribution is 14.0. The second kappa shape index (κ2) is 12.1. The van der Waals surface area contributed by atoms with E-state index >= 15 is 0 Å². The summed E-state index contributed by atoms with van der Waals surface area (Å²) in [5.74, 6) is 3.66. The lowest BCUT2D eigenvalue weighted by Crippen LogP contribution is -2.52. The summed E-state index contributed by atoms with van der Waals surface area (Å²) >= 11 is 1.48. The third kappa shape index (κ3) is 6.03. The number of nitrogens with zero attached hydrogens (tertiary/aromatic N) is 5. The molecule has 172 valence electrons. The van der Waals surface area contributed by atoms with E-state index in [9.17, 15) is 0 Å². The zero-order valence-electron chi connectivity index (χ0n) is 18.7. The van der Waals surface area contributed by atoms with Crippen LogP contribution in [0.15, 0.2) is 17.1 Å². The van der Waals surface area contributed by atoms with Crippen molar-refractivity contribution in [3.05, 3.63) is 23.5 Å². The number of ether oxygens (including phenoxy) is 3. The molecule has 3 rings (SSSR count). The molecule has 11 heteroatoms. The fourth-order valence-electron chi connectivity index (χ4n) is 3.38. The van der Waals surface area contributed by atoms with Crippen molar-refractivity contribution in [3.8, 4) is 17.2 Å². The number of benzene rings is 1. The Hall–Kier alpha value is -2.02. The standard InChI is InChI=1S/C20H30N6O3S.HI/c1-6-17-23-20(30-24-17)26-9-7-25(8-10-26)19(21-2)22-13-14-11-15(27-3)18(29-5)16(12-14)28-4;/h11-12H,6-10,13H2,1-5H3,(H,21,22);1H. The van der Waals surface area contributed by atoms with Crippen LogP contribution < -0.4 is 24.4 Å². The maximum Gasteiger partial charge on any atom is 0.205 e. The number of guanidine groups is 1. The average molecular weight is 562 g/mol. The van der Waals surface area contributed by atoms with E-state index in [2.05, 4.69) is 36.4 Å². The van der Waals surface area contributed by atoms with Crippen LogP contribution in [0.3, 0.4) is 0 Å². The Balaban J connectivity index is 0.00000341. The van der Waals surface area contributed by atoms with Gasteiger partial charge >= 0.3 is 0 Å². The van der Waals surface area contributed by atoms with Crippen LogP contribution in [0.25, 0.3) is 0 Å². The Morgan fingerprint density at radius 1 is 1.10 bits per heavy atom. The van der Waals surface area contributed by atoms with Gasteiger partial charge in [0.25, 0.3) is 0 Å². The molecule has 0 spiro atoms. The number of nitrogens with one attached hydrogen (secondary N) is 1. The van der Waals surface area contributed by atoms with Crippen molar-refractivity contribution in [2.75, 3.05) is 59.5 Å². The summed E-state index contributed by atoms with van der Waals surface area (Å²) in [5.41, 5.74) is 1.02. The van der Waals surface area contributed by atoms with Gasteiger partial charge in [-0.15, -0.1) is 24.0 Å². The van der Waals surface area contributed by atoms with Crippen LogP contribution in [-0.4, -0.2) is 74.8 Å². The van der Waals surface area contributed by atoms with Gasteiger partial charge in [-0.05, 0) is 17.7 Å². The zero-order valence-corrected chi connectivity index (χ0v) is 21.8. The molecule has 0 aliphatic carbocycles. The minimum Gasteiger partial charge on any atom is -0.493 e. The molecule has 0 unspecified atom stereocenters. The second-order valence-electron chi connectivity index (χ2n) is 6.76. The first kappa shape index (κ1) is 25.2. The SMILES string of the molecule is CCc1nsc(N2CCN(C(=NC)NCc3cc(OC)c(OC)c(OC)c3)CC2)n1.I. The average Bonchev–Trinajstić information content (AvgIpc) is 3.28. The number of hydrogen-bond donors (Lipinski definition) is 1.